The summed E-state index contributed by atoms with van der Waals surface area (Å²) in [6.07, 6.45) is 3.08. The molecule has 7 nitrogen and oxygen atoms in total. The number of carbonyl (C=O) groups is 3. The molecule has 3 heterocycles. The molecular formula is C24H26FN3O4S. The molecule has 1 spiro atoms. The van der Waals surface area contributed by atoms with E-state index in [4.69, 9.17) is 4.74 Å². The Morgan fingerprint density at radius 1 is 1.12 bits per heavy atom. The van der Waals surface area contributed by atoms with Gasteiger partial charge in [0, 0.05) is 42.4 Å². The summed E-state index contributed by atoms with van der Waals surface area (Å²) in [5.41, 5.74) is -0.654. The summed E-state index contributed by atoms with van der Waals surface area (Å²) in [5, 5.41) is 4.93. The maximum Gasteiger partial charge on any atom is 0.256 e. The van der Waals surface area contributed by atoms with Crippen LogP contribution in [0.15, 0.2) is 41.8 Å². The number of hydrogen-bond acceptors (Lipinski definition) is 5. The van der Waals surface area contributed by atoms with Gasteiger partial charge in [-0.3, -0.25) is 19.3 Å². The zero-order chi connectivity index (χ0) is 23.0. The van der Waals surface area contributed by atoms with E-state index in [1.165, 1.54) is 24.3 Å². The lowest BCUT2D eigenvalue weighted by Crippen LogP contribution is -2.60. The smallest absolute Gasteiger partial charge is 0.256 e. The SMILES string of the molecule is O=C(NC1CC1)[C@@H]1COC2(CCN(C(=O)Cc3cccs3)CC2)N1C(=O)c1ccc(F)cc1. The molecule has 2 aromatic rings. The average molecular weight is 472 g/mol. The highest BCUT2D eigenvalue weighted by Crippen LogP contribution is 2.39. The van der Waals surface area contributed by atoms with Gasteiger partial charge in [0.25, 0.3) is 5.91 Å². The molecule has 3 fully saturated rings. The zero-order valence-corrected chi connectivity index (χ0v) is 19.0. The molecule has 9 heteroatoms. The molecule has 0 radical (unpaired) electrons. The van der Waals surface area contributed by atoms with Crippen molar-refractivity contribution in [2.24, 2.45) is 0 Å². The first-order chi connectivity index (χ1) is 15.9. The highest BCUT2D eigenvalue weighted by molar-refractivity contribution is 7.10. The molecule has 1 atom stereocenters. The number of halogens is 1. The summed E-state index contributed by atoms with van der Waals surface area (Å²) in [6, 6.07) is 8.62. The maximum atomic E-state index is 13.5. The third-order valence-corrected chi connectivity index (χ3v) is 7.48. The summed E-state index contributed by atoms with van der Waals surface area (Å²) in [6.45, 7) is 0.984. The molecule has 3 aliphatic rings. The third-order valence-electron chi connectivity index (χ3n) is 6.60. The molecule has 0 bridgehead atoms. The van der Waals surface area contributed by atoms with Gasteiger partial charge in [-0.2, -0.15) is 0 Å². The Morgan fingerprint density at radius 3 is 2.48 bits per heavy atom. The molecule has 174 valence electrons. The number of nitrogens with zero attached hydrogens (tertiary/aromatic N) is 2. The molecule has 5 rings (SSSR count). The molecule has 2 aliphatic heterocycles. The van der Waals surface area contributed by atoms with E-state index in [0.717, 1.165) is 17.7 Å². The lowest BCUT2D eigenvalue weighted by Gasteiger charge is -2.44. The number of amides is 3. The van der Waals surface area contributed by atoms with Crippen LogP contribution in [0.5, 0.6) is 0 Å². The van der Waals surface area contributed by atoms with Crippen LogP contribution >= 0.6 is 11.3 Å². The van der Waals surface area contributed by atoms with Gasteiger partial charge in [-0.25, -0.2) is 4.39 Å². The Kier molecular flexibility index (Phi) is 5.92. The van der Waals surface area contributed by atoms with Crippen molar-refractivity contribution in [2.75, 3.05) is 19.7 Å². The van der Waals surface area contributed by atoms with Gasteiger partial charge in [0.15, 0.2) is 0 Å². The van der Waals surface area contributed by atoms with Crippen LogP contribution in [-0.4, -0.2) is 65.0 Å². The lowest BCUT2D eigenvalue weighted by atomic mass is 9.96. The number of benzene rings is 1. The molecule has 2 saturated heterocycles. The molecule has 1 aliphatic carbocycles. The lowest BCUT2D eigenvalue weighted by molar-refractivity contribution is -0.143. The Hall–Kier alpha value is -2.78. The van der Waals surface area contributed by atoms with Crippen molar-refractivity contribution in [3.05, 3.63) is 58.0 Å². The number of carbonyl (C=O) groups excluding carboxylic acids is 3. The van der Waals surface area contributed by atoms with Crippen LogP contribution in [0.4, 0.5) is 4.39 Å². The van der Waals surface area contributed by atoms with Crippen LogP contribution in [0, 0.1) is 5.82 Å². The Balaban J connectivity index is 1.34. The highest BCUT2D eigenvalue weighted by atomic mass is 32.1. The highest BCUT2D eigenvalue weighted by Gasteiger charge is 2.54. The summed E-state index contributed by atoms with van der Waals surface area (Å²) in [5.74, 6) is -0.966. The number of likely N-dealkylation sites (tertiary alicyclic amines) is 1. The second kappa shape index (κ2) is 8.87. The molecule has 1 saturated carbocycles. The minimum atomic E-state index is -0.962. The van der Waals surface area contributed by atoms with E-state index in [0.29, 0.717) is 37.9 Å². The largest absolute Gasteiger partial charge is 0.353 e. The number of piperidine rings is 1. The van der Waals surface area contributed by atoms with Gasteiger partial charge in [0.1, 0.15) is 17.6 Å². The number of rotatable bonds is 5. The quantitative estimate of drug-likeness (QED) is 0.727. The molecular weight excluding hydrogens is 445 g/mol. The van der Waals surface area contributed by atoms with Crippen LogP contribution in [0.2, 0.25) is 0 Å². The first-order valence-corrected chi connectivity index (χ1v) is 12.2. The first kappa shape index (κ1) is 22.0. The fourth-order valence-electron chi connectivity index (χ4n) is 4.60. The Bertz CT molecular complexity index is 1030. The molecule has 0 unspecified atom stereocenters. The van der Waals surface area contributed by atoms with Crippen molar-refractivity contribution in [3.63, 3.8) is 0 Å². The van der Waals surface area contributed by atoms with Gasteiger partial charge < -0.3 is 15.0 Å². The van der Waals surface area contributed by atoms with E-state index in [9.17, 15) is 18.8 Å². The van der Waals surface area contributed by atoms with Gasteiger partial charge in [0.2, 0.25) is 11.8 Å². The van der Waals surface area contributed by atoms with E-state index in [2.05, 4.69) is 5.32 Å². The van der Waals surface area contributed by atoms with Gasteiger partial charge in [0.05, 0.1) is 13.0 Å². The molecule has 3 amide bonds. The van der Waals surface area contributed by atoms with Crippen LogP contribution in [0.3, 0.4) is 0 Å². The minimum absolute atomic E-state index is 0.0461. The van der Waals surface area contributed by atoms with E-state index in [-0.39, 0.29) is 30.4 Å². The van der Waals surface area contributed by atoms with Crippen molar-refractivity contribution < 1.29 is 23.5 Å². The number of hydrogen-bond donors (Lipinski definition) is 1. The monoisotopic (exact) mass is 471 g/mol. The maximum absolute atomic E-state index is 13.5. The fraction of sp³-hybridized carbons (Fsp3) is 0.458. The van der Waals surface area contributed by atoms with Crippen molar-refractivity contribution in [3.8, 4) is 0 Å². The van der Waals surface area contributed by atoms with Gasteiger partial charge in [-0.05, 0) is 48.6 Å². The second-order valence-electron chi connectivity index (χ2n) is 8.87. The van der Waals surface area contributed by atoms with Crippen molar-refractivity contribution in [1.29, 1.82) is 0 Å². The minimum Gasteiger partial charge on any atom is -0.353 e. The van der Waals surface area contributed by atoms with E-state index >= 15 is 0 Å². The predicted molar refractivity (Wildman–Crippen MR) is 120 cm³/mol. The molecule has 1 N–H and O–H groups in total. The topological polar surface area (TPSA) is 79.0 Å². The molecule has 1 aromatic heterocycles. The van der Waals surface area contributed by atoms with Crippen LogP contribution in [-0.2, 0) is 20.7 Å². The number of thiophene rings is 1. The third kappa shape index (κ3) is 4.52. The summed E-state index contributed by atoms with van der Waals surface area (Å²) >= 11 is 1.55. The normalized spacial score (nSPS) is 21.9. The summed E-state index contributed by atoms with van der Waals surface area (Å²) in [7, 11) is 0. The van der Waals surface area contributed by atoms with Crippen LogP contribution in [0.25, 0.3) is 0 Å². The number of ether oxygens (including phenoxy) is 1. The van der Waals surface area contributed by atoms with Crippen LogP contribution in [0.1, 0.15) is 40.9 Å². The average Bonchev–Trinajstić information content (AvgIpc) is 3.33. The molecule has 33 heavy (non-hydrogen) atoms. The first-order valence-electron chi connectivity index (χ1n) is 11.3. The van der Waals surface area contributed by atoms with E-state index < -0.39 is 17.6 Å². The Morgan fingerprint density at radius 2 is 1.85 bits per heavy atom. The predicted octanol–water partition coefficient (Wildman–Crippen LogP) is 2.57. The van der Waals surface area contributed by atoms with Gasteiger partial charge in [-0.15, -0.1) is 11.3 Å². The van der Waals surface area contributed by atoms with Crippen molar-refractivity contribution >= 4 is 29.1 Å². The van der Waals surface area contributed by atoms with Gasteiger partial charge in [-0.1, -0.05) is 6.07 Å². The zero-order valence-electron chi connectivity index (χ0n) is 18.2. The van der Waals surface area contributed by atoms with Crippen molar-refractivity contribution in [1.82, 2.24) is 15.1 Å². The fourth-order valence-corrected chi connectivity index (χ4v) is 5.30. The number of nitrogens with one attached hydrogen (secondary N) is 1. The Labute approximate surface area is 195 Å². The van der Waals surface area contributed by atoms with E-state index in [1.807, 2.05) is 17.5 Å². The van der Waals surface area contributed by atoms with Crippen molar-refractivity contribution in [2.45, 2.75) is 49.9 Å². The van der Waals surface area contributed by atoms with Crippen LogP contribution < -0.4 is 5.32 Å². The standard InChI is InChI=1S/C24H26FN3O4S/c25-17-5-3-16(4-6-17)23(31)28-20(22(30)26-18-7-8-18)15-32-24(28)9-11-27(12-10-24)21(29)14-19-2-1-13-33-19/h1-6,13,18,20H,7-12,14-15H2,(H,26,30)/t20-/m0/s1. The second-order valence-corrected chi connectivity index (χ2v) is 9.91. The van der Waals surface area contributed by atoms with Gasteiger partial charge >= 0.3 is 0 Å². The molecule has 1 aromatic carbocycles. The van der Waals surface area contributed by atoms with E-state index in [1.54, 1.807) is 21.1 Å². The summed E-state index contributed by atoms with van der Waals surface area (Å²) < 4.78 is 19.6. The summed E-state index contributed by atoms with van der Waals surface area (Å²) in [4.78, 5) is 43.6.